The molecular formula is C16H22N2O2. The minimum absolute atomic E-state index is 0.0164. The normalized spacial score (nSPS) is 11.4. The molecule has 1 amide bonds. The number of hydrogen-bond acceptors (Lipinski definition) is 3. The van der Waals surface area contributed by atoms with Crippen molar-refractivity contribution in [1.82, 2.24) is 0 Å². The van der Waals surface area contributed by atoms with Gasteiger partial charge in [-0.1, -0.05) is 11.8 Å². The Hall–Kier alpha value is -1.83. The molecule has 3 N–H and O–H groups in total. The van der Waals surface area contributed by atoms with Crippen LogP contribution in [0, 0.1) is 18.8 Å². The topological polar surface area (TPSA) is 64.3 Å². The van der Waals surface area contributed by atoms with Crippen LogP contribution in [0.25, 0.3) is 0 Å². The van der Waals surface area contributed by atoms with E-state index in [9.17, 15) is 4.79 Å². The summed E-state index contributed by atoms with van der Waals surface area (Å²) >= 11 is 0. The average molecular weight is 274 g/mol. The second kappa shape index (κ2) is 8.36. The van der Waals surface area contributed by atoms with E-state index in [4.69, 9.17) is 10.5 Å². The van der Waals surface area contributed by atoms with Gasteiger partial charge in [0.1, 0.15) is 0 Å². The van der Waals surface area contributed by atoms with E-state index in [1.807, 2.05) is 32.0 Å². The Labute approximate surface area is 120 Å². The summed E-state index contributed by atoms with van der Waals surface area (Å²) in [7, 11) is 1.64. The van der Waals surface area contributed by atoms with Gasteiger partial charge in [-0.3, -0.25) is 4.79 Å². The smallest absolute Gasteiger partial charge is 0.224 e. The lowest BCUT2D eigenvalue weighted by Gasteiger charge is -2.10. The summed E-state index contributed by atoms with van der Waals surface area (Å²) in [6.07, 6.45) is 1.23. The lowest BCUT2D eigenvalue weighted by Crippen LogP contribution is -2.15. The fraction of sp³-hybridized carbons (Fsp3) is 0.438. The molecule has 0 bridgehead atoms. The number of methoxy groups -OCH3 is 1. The van der Waals surface area contributed by atoms with Gasteiger partial charge in [0.25, 0.3) is 0 Å². The summed E-state index contributed by atoms with van der Waals surface area (Å²) < 4.78 is 5.12. The SMILES string of the molecule is COC(C)CCC(=O)Nc1cc(C)cc(C#CCN)c1. The van der Waals surface area contributed by atoms with Gasteiger partial charge in [-0.05, 0) is 44.0 Å². The Morgan fingerprint density at radius 1 is 1.45 bits per heavy atom. The van der Waals surface area contributed by atoms with E-state index in [-0.39, 0.29) is 12.0 Å². The molecule has 108 valence electrons. The van der Waals surface area contributed by atoms with E-state index in [1.165, 1.54) is 0 Å². The first-order chi connectivity index (χ1) is 9.55. The standard InChI is InChI=1S/C16H22N2O2/c1-12-9-14(5-4-8-17)11-15(10-12)18-16(19)7-6-13(2)20-3/h9-11,13H,6-8,17H2,1-3H3,(H,18,19). The molecule has 0 aliphatic heterocycles. The van der Waals surface area contributed by atoms with Crippen molar-refractivity contribution in [2.45, 2.75) is 32.8 Å². The Morgan fingerprint density at radius 2 is 2.20 bits per heavy atom. The number of ether oxygens (including phenoxy) is 1. The number of amides is 1. The number of hydrogen-bond donors (Lipinski definition) is 2. The van der Waals surface area contributed by atoms with Crippen LogP contribution >= 0.6 is 0 Å². The second-order valence-corrected chi connectivity index (χ2v) is 4.73. The molecule has 4 nitrogen and oxygen atoms in total. The fourth-order valence-electron chi connectivity index (χ4n) is 1.76. The van der Waals surface area contributed by atoms with Gasteiger partial charge in [0.15, 0.2) is 0 Å². The highest BCUT2D eigenvalue weighted by molar-refractivity contribution is 5.91. The molecule has 0 saturated carbocycles. The molecule has 0 saturated heterocycles. The van der Waals surface area contributed by atoms with Crippen molar-refractivity contribution >= 4 is 11.6 Å². The molecule has 0 spiro atoms. The van der Waals surface area contributed by atoms with Crippen LogP contribution in [0.15, 0.2) is 18.2 Å². The van der Waals surface area contributed by atoms with Crippen molar-refractivity contribution in [3.05, 3.63) is 29.3 Å². The molecule has 1 atom stereocenters. The quantitative estimate of drug-likeness (QED) is 0.808. The number of aryl methyl sites for hydroxylation is 1. The summed E-state index contributed by atoms with van der Waals surface area (Å²) in [4.78, 5) is 11.8. The summed E-state index contributed by atoms with van der Waals surface area (Å²) in [5.41, 5.74) is 8.03. The third kappa shape index (κ3) is 5.87. The highest BCUT2D eigenvalue weighted by Crippen LogP contribution is 2.14. The van der Waals surface area contributed by atoms with Gasteiger partial charge < -0.3 is 15.8 Å². The number of benzene rings is 1. The molecule has 1 unspecified atom stereocenters. The Balaban J connectivity index is 2.67. The van der Waals surface area contributed by atoms with Gasteiger partial charge in [0, 0.05) is 24.8 Å². The van der Waals surface area contributed by atoms with Crippen molar-refractivity contribution < 1.29 is 9.53 Å². The molecular weight excluding hydrogens is 252 g/mol. The van der Waals surface area contributed by atoms with Gasteiger partial charge in [0.2, 0.25) is 5.91 Å². The lowest BCUT2D eigenvalue weighted by molar-refractivity contribution is -0.116. The summed E-state index contributed by atoms with van der Waals surface area (Å²) in [5, 5.41) is 2.89. The predicted octanol–water partition coefficient (Wildman–Crippen LogP) is 2.06. The predicted molar refractivity (Wildman–Crippen MR) is 81.4 cm³/mol. The van der Waals surface area contributed by atoms with Crippen LogP contribution in [-0.2, 0) is 9.53 Å². The monoisotopic (exact) mass is 274 g/mol. The highest BCUT2D eigenvalue weighted by atomic mass is 16.5. The van der Waals surface area contributed by atoms with Crippen molar-refractivity contribution in [1.29, 1.82) is 0 Å². The number of carbonyl (C=O) groups is 1. The lowest BCUT2D eigenvalue weighted by atomic mass is 10.1. The Kier molecular flexibility index (Phi) is 6.78. The average Bonchev–Trinajstić information content (AvgIpc) is 2.41. The minimum Gasteiger partial charge on any atom is -0.382 e. The zero-order valence-electron chi connectivity index (χ0n) is 12.3. The van der Waals surface area contributed by atoms with Gasteiger partial charge >= 0.3 is 0 Å². The van der Waals surface area contributed by atoms with Crippen LogP contribution in [-0.4, -0.2) is 25.7 Å². The highest BCUT2D eigenvalue weighted by Gasteiger charge is 2.07. The largest absolute Gasteiger partial charge is 0.382 e. The van der Waals surface area contributed by atoms with E-state index in [1.54, 1.807) is 7.11 Å². The van der Waals surface area contributed by atoms with E-state index in [2.05, 4.69) is 17.2 Å². The van der Waals surface area contributed by atoms with Crippen LogP contribution < -0.4 is 11.1 Å². The van der Waals surface area contributed by atoms with Crippen LogP contribution in [0.1, 0.15) is 30.9 Å². The molecule has 1 rings (SSSR count). The third-order valence-corrected chi connectivity index (χ3v) is 2.88. The molecule has 0 aliphatic rings. The van der Waals surface area contributed by atoms with Crippen molar-refractivity contribution in [2.75, 3.05) is 19.0 Å². The first-order valence-electron chi connectivity index (χ1n) is 6.68. The molecule has 0 heterocycles. The van der Waals surface area contributed by atoms with Gasteiger partial charge in [-0.15, -0.1) is 0 Å². The third-order valence-electron chi connectivity index (χ3n) is 2.88. The maximum atomic E-state index is 11.8. The van der Waals surface area contributed by atoms with Gasteiger partial charge in [0.05, 0.1) is 12.6 Å². The zero-order valence-corrected chi connectivity index (χ0v) is 12.3. The molecule has 1 aromatic carbocycles. The molecule has 20 heavy (non-hydrogen) atoms. The number of rotatable bonds is 5. The molecule has 0 radical (unpaired) electrons. The fourth-order valence-corrected chi connectivity index (χ4v) is 1.76. The van der Waals surface area contributed by atoms with Gasteiger partial charge in [-0.2, -0.15) is 0 Å². The number of nitrogens with two attached hydrogens (primary N) is 1. The van der Waals surface area contributed by atoms with Gasteiger partial charge in [-0.25, -0.2) is 0 Å². The maximum Gasteiger partial charge on any atom is 0.224 e. The van der Waals surface area contributed by atoms with E-state index in [0.717, 1.165) is 16.8 Å². The van der Waals surface area contributed by atoms with Crippen LogP contribution in [0.5, 0.6) is 0 Å². The molecule has 0 aliphatic carbocycles. The van der Waals surface area contributed by atoms with Crippen molar-refractivity contribution in [3.8, 4) is 11.8 Å². The van der Waals surface area contributed by atoms with Crippen molar-refractivity contribution in [2.24, 2.45) is 5.73 Å². The summed E-state index contributed by atoms with van der Waals surface area (Å²) in [5.74, 6) is 5.76. The molecule has 0 aromatic heterocycles. The van der Waals surface area contributed by atoms with Crippen LogP contribution in [0.4, 0.5) is 5.69 Å². The first-order valence-corrected chi connectivity index (χ1v) is 6.68. The number of carbonyl (C=O) groups excluding carboxylic acids is 1. The molecule has 4 heteroatoms. The first kappa shape index (κ1) is 16.2. The maximum absolute atomic E-state index is 11.8. The van der Waals surface area contributed by atoms with Crippen molar-refractivity contribution in [3.63, 3.8) is 0 Å². The van der Waals surface area contributed by atoms with Crippen LogP contribution in [0.3, 0.4) is 0 Å². The minimum atomic E-state index is -0.0164. The van der Waals surface area contributed by atoms with Crippen LogP contribution in [0.2, 0.25) is 0 Å². The summed E-state index contributed by atoms with van der Waals surface area (Å²) in [6, 6.07) is 5.74. The Morgan fingerprint density at radius 3 is 2.85 bits per heavy atom. The number of anilines is 1. The summed E-state index contributed by atoms with van der Waals surface area (Å²) in [6.45, 7) is 4.24. The van der Waals surface area contributed by atoms with E-state index >= 15 is 0 Å². The van der Waals surface area contributed by atoms with E-state index in [0.29, 0.717) is 19.4 Å². The van der Waals surface area contributed by atoms with E-state index < -0.39 is 0 Å². The Bertz CT molecular complexity index is 515. The molecule has 0 fully saturated rings. The number of nitrogens with one attached hydrogen (secondary N) is 1. The zero-order chi connectivity index (χ0) is 15.0. The second-order valence-electron chi connectivity index (χ2n) is 4.73. The molecule has 1 aromatic rings.